The summed E-state index contributed by atoms with van der Waals surface area (Å²) in [5.41, 5.74) is 10.9. The summed E-state index contributed by atoms with van der Waals surface area (Å²) in [6, 6.07) is -1.95. The number of pyridine rings is 1. The third kappa shape index (κ3) is 11.1. The van der Waals surface area contributed by atoms with Crippen molar-refractivity contribution < 1.29 is 77.3 Å². The molecule has 80 heavy (non-hydrogen) atoms. The number of anilines is 1. The van der Waals surface area contributed by atoms with Crippen LogP contribution in [0.2, 0.25) is 0 Å². The number of aromatic nitrogens is 1. The number of allylic oxidation sites excluding steroid dienone is 4. The van der Waals surface area contributed by atoms with Crippen molar-refractivity contribution in [1.29, 1.82) is 0 Å². The fraction of sp³-hybridized carbons (Fsp3) is 0.482. The van der Waals surface area contributed by atoms with Crippen LogP contribution >= 0.6 is 0 Å². The Balaban J connectivity index is 1.11. The molecular weight excluding hydrogens is 1050 g/mol. The third-order valence-corrected chi connectivity index (χ3v) is 15.5. The number of piperazine rings is 1. The van der Waals surface area contributed by atoms with E-state index in [9.17, 15) is 49.2 Å². The number of benzene rings is 2. The van der Waals surface area contributed by atoms with Gasteiger partial charge in [-0.2, -0.15) is 0 Å². The first-order valence-corrected chi connectivity index (χ1v) is 26.2. The molecular formula is C56H68FN7O16. The minimum Gasteiger partial charge on any atom is -0.507 e. The Bertz CT molecular complexity index is 3240. The number of fused-ring (bicyclic) bond motifs is 15. The lowest BCUT2D eigenvalue weighted by molar-refractivity contribution is -0.155. The van der Waals surface area contributed by atoms with Gasteiger partial charge >= 0.3 is 11.9 Å². The summed E-state index contributed by atoms with van der Waals surface area (Å²) in [5, 5.41) is 51.0. The number of nitrogens with one attached hydrogen (secondary N) is 1. The van der Waals surface area contributed by atoms with Crippen LogP contribution in [0.3, 0.4) is 0 Å². The number of carbonyl (C=O) groups is 5. The van der Waals surface area contributed by atoms with E-state index in [0.717, 1.165) is 31.9 Å². The van der Waals surface area contributed by atoms with Crippen molar-refractivity contribution in [2.75, 3.05) is 51.9 Å². The van der Waals surface area contributed by atoms with Crippen molar-refractivity contribution in [3.63, 3.8) is 0 Å². The van der Waals surface area contributed by atoms with E-state index in [-0.39, 0.29) is 75.8 Å². The second-order valence-electron chi connectivity index (χ2n) is 21.0. The van der Waals surface area contributed by atoms with Crippen LogP contribution in [0.1, 0.15) is 103 Å². The first kappa shape index (κ1) is 58.7. The number of phenols is 1. The molecule has 5 bridgehead atoms. The Morgan fingerprint density at radius 3 is 2.35 bits per heavy atom. The molecule has 0 radical (unpaired) electrons. The molecule has 2 aromatic carbocycles. The molecule has 1 saturated heterocycles. The van der Waals surface area contributed by atoms with Crippen LogP contribution in [0.25, 0.3) is 10.9 Å². The molecule has 9 N–H and O–H groups in total. The topological polar surface area (TPSA) is 327 Å². The van der Waals surface area contributed by atoms with Gasteiger partial charge < -0.3 is 75.2 Å². The number of hydrogen-bond acceptors (Lipinski definition) is 20. The van der Waals surface area contributed by atoms with Crippen molar-refractivity contribution in [3.05, 3.63) is 104 Å². The zero-order valence-corrected chi connectivity index (χ0v) is 45.9. The highest BCUT2D eigenvalue weighted by Gasteiger charge is 2.51. The van der Waals surface area contributed by atoms with Crippen LogP contribution in [-0.4, -0.2) is 160 Å². The number of ketones is 2. The number of ether oxygens (including phenoxy) is 5. The number of carboxylic acids is 1. The van der Waals surface area contributed by atoms with E-state index in [1.54, 1.807) is 18.4 Å². The van der Waals surface area contributed by atoms with Gasteiger partial charge in [0.2, 0.25) is 11.2 Å². The number of aliphatic hydroxyl groups is 2. The predicted molar refractivity (Wildman–Crippen MR) is 288 cm³/mol. The Labute approximate surface area is 459 Å². The minimum absolute atomic E-state index is 0.0184. The minimum atomic E-state index is -1.97. The number of phenolic OH excluding ortho intramolecular Hbond substituents is 1. The molecule has 1 unspecified atom stereocenters. The second kappa shape index (κ2) is 23.3. The van der Waals surface area contributed by atoms with Crippen LogP contribution in [0.5, 0.6) is 17.2 Å². The summed E-state index contributed by atoms with van der Waals surface area (Å²) < 4.78 is 48.0. The van der Waals surface area contributed by atoms with Gasteiger partial charge in [0.05, 0.1) is 77.1 Å². The van der Waals surface area contributed by atoms with E-state index < -0.39 is 117 Å². The highest BCUT2D eigenvalue weighted by atomic mass is 19.1. The number of methoxy groups -OCH3 is 2. The summed E-state index contributed by atoms with van der Waals surface area (Å²) in [6.07, 6.45) is 5.52. The van der Waals surface area contributed by atoms with E-state index in [2.05, 4.69) is 15.4 Å². The molecule has 1 saturated carbocycles. The van der Waals surface area contributed by atoms with Crippen molar-refractivity contribution >= 4 is 51.7 Å². The lowest BCUT2D eigenvalue weighted by Crippen LogP contribution is -2.60. The van der Waals surface area contributed by atoms with Gasteiger partial charge in [0.1, 0.15) is 35.5 Å². The number of aromatic carboxylic acids is 1. The number of aromatic hydroxyl groups is 1. The number of esters is 1. The first-order valence-electron chi connectivity index (χ1n) is 26.2. The SMILES string of the molecule is COc1c(N2CCN(CCO/N=C3/c4c5c(C)c(O)c6c4C(=O)C=C(NC(=O)/C(C)=C\C=C\[C@H](C)[C@H](O)[C@@H](N)[C@@H](O)[C@@H](N)[C@H](OC(C)=O)[C@H](C)[C@@H](OC)/C=C/O[C@@]3(C)O5)C6=O)C(C)C2)c(F)cc2c(=O)c(C(=O)O)cn(C3CC3)c12. The van der Waals surface area contributed by atoms with Gasteiger partial charge in [0, 0.05) is 94.5 Å². The molecule has 1 amide bonds. The molecule has 6 aliphatic rings. The Morgan fingerprint density at radius 1 is 1.00 bits per heavy atom. The summed E-state index contributed by atoms with van der Waals surface area (Å²) in [7, 11) is 2.75. The second-order valence-corrected chi connectivity index (χ2v) is 21.0. The van der Waals surface area contributed by atoms with Crippen LogP contribution in [0, 0.1) is 24.6 Å². The van der Waals surface area contributed by atoms with Gasteiger partial charge in [-0.15, -0.1) is 0 Å². The van der Waals surface area contributed by atoms with Crippen LogP contribution in [-0.2, 0) is 28.6 Å². The zero-order chi connectivity index (χ0) is 58.4. The number of oxime groups is 1. The van der Waals surface area contributed by atoms with E-state index in [1.165, 1.54) is 71.8 Å². The number of hydrogen-bond donors (Lipinski definition) is 7. The molecule has 0 spiro atoms. The van der Waals surface area contributed by atoms with Crippen molar-refractivity contribution in [2.24, 2.45) is 28.5 Å². The van der Waals surface area contributed by atoms with E-state index in [0.29, 0.717) is 25.2 Å². The van der Waals surface area contributed by atoms with Gasteiger partial charge in [0.15, 0.2) is 23.1 Å². The van der Waals surface area contributed by atoms with Gasteiger partial charge in [-0.3, -0.25) is 28.9 Å². The number of carbonyl (C=O) groups excluding carboxylic acids is 4. The number of nitrogens with two attached hydrogens (primary N) is 2. The van der Waals surface area contributed by atoms with E-state index >= 15 is 4.39 Å². The fourth-order valence-electron chi connectivity index (χ4n) is 10.8. The normalized spacial score (nSPS) is 29.7. The van der Waals surface area contributed by atoms with Crippen molar-refractivity contribution in [1.82, 2.24) is 14.8 Å². The van der Waals surface area contributed by atoms with E-state index in [4.69, 9.17) is 40.0 Å². The summed E-state index contributed by atoms with van der Waals surface area (Å²) >= 11 is 0. The lowest BCUT2D eigenvalue weighted by atomic mass is 9.84. The number of halogens is 1. The fourth-order valence-corrected chi connectivity index (χ4v) is 10.8. The average Bonchev–Trinajstić information content (AvgIpc) is 4.30. The molecule has 10 atom stereocenters. The average molecular weight is 1110 g/mol. The van der Waals surface area contributed by atoms with Gasteiger partial charge in [-0.25, -0.2) is 9.18 Å². The molecule has 24 heteroatoms. The number of rotatable bonds is 10. The number of nitrogens with zero attached hydrogens (tertiary/aromatic N) is 4. The monoisotopic (exact) mass is 1110 g/mol. The smallest absolute Gasteiger partial charge is 0.341 e. The number of aliphatic hydroxyl groups excluding tert-OH is 2. The number of amides is 1. The van der Waals surface area contributed by atoms with Crippen molar-refractivity contribution in [2.45, 2.75) is 116 Å². The largest absolute Gasteiger partial charge is 0.507 e. The molecule has 2 aliphatic carbocycles. The predicted octanol–water partition coefficient (Wildman–Crippen LogP) is 3.26. The molecule has 23 nitrogen and oxygen atoms in total. The summed E-state index contributed by atoms with van der Waals surface area (Å²) in [6.45, 7) is 11.9. The van der Waals surface area contributed by atoms with E-state index in [1.807, 2.05) is 11.8 Å². The maximum Gasteiger partial charge on any atom is 0.341 e. The molecule has 1 aromatic heterocycles. The molecule has 5 heterocycles. The van der Waals surface area contributed by atoms with Gasteiger partial charge in [-0.05, 0) is 45.8 Å². The maximum absolute atomic E-state index is 16.3. The quantitative estimate of drug-likeness (QED) is 0.0870. The Hall–Kier alpha value is -7.48. The number of Topliss-reactive ketones (excluding diaryl/α,β-unsaturated/α-hetero) is 1. The molecule has 430 valence electrons. The van der Waals surface area contributed by atoms with Gasteiger partial charge in [0.25, 0.3) is 11.7 Å². The highest BCUT2D eigenvalue weighted by molar-refractivity contribution is 6.31. The highest BCUT2D eigenvalue weighted by Crippen LogP contribution is 2.49. The Morgan fingerprint density at radius 2 is 1.71 bits per heavy atom. The van der Waals surface area contributed by atoms with Crippen LogP contribution in [0.15, 0.2) is 70.1 Å². The molecule has 3 aromatic rings. The van der Waals surface area contributed by atoms with Gasteiger partial charge in [-0.1, -0.05) is 37.2 Å². The molecule has 2 fully saturated rings. The molecule has 9 rings (SSSR count). The third-order valence-electron chi connectivity index (χ3n) is 15.5. The van der Waals surface area contributed by atoms with Crippen LogP contribution < -0.4 is 36.6 Å². The first-order chi connectivity index (χ1) is 37.8. The summed E-state index contributed by atoms with van der Waals surface area (Å²) in [5.74, 6) is -9.43. The summed E-state index contributed by atoms with van der Waals surface area (Å²) in [4.78, 5) is 90.0. The standard InChI is InChI=1S/C56H68FN7O16/c1-25-11-10-12-26(2)54(72)60-35-22-36(66)38-39(48(35)70)46(68)29(5)50-40(38)53(56(7,80-50)77-19-15-37(75-8)28(4)51(79-30(6)65)42(59)49(71)41(58)45(25)67)61-78-20-18-62-16-17-63(23-27(62)3)44-34(57)21-32-43(52(44)76-9)64(31-13-14-31)24-33(47(32)69)55(73)74/h10-12,15,19,21-22,24-25,27-28,31,37,41-42,45,49,51,67-68,71H,13-14,16-18,20,23,58-59H2,1-9H3,(H,60,72)(H,73,74)/b11-10+,19-15+,26-12-,61-53-/t25-,27?,28+,37-,41+,42+,45-,49+,51+,56-/m0/s1. The zero-order valence-electron chi connectivity index (χ0n) is 45.9. The van der Waals surface area contributed by atoms with Crippen molar-refractivity contribution in [3.8, 4) is 17.2 Å². The Kier molecular flexibility index (Phi) is 17.1. The number of carboxylic acid groups (broad SMARTS) is 1. The van der Waals surface area contributed by atoms with Crippen LogP contribution in [0.4, 0.5) is 10.1 Å². The maximum atomic E-state index is 16.3. The molecule has 4 aliphatic heterocycles. The lowest BCUT2D eigenvalue weighted by Gasteiger charge is -2.41.